The second kappa shape index (κ2) is 1.17. The zero-order valence-electron chi connectivity index (χ0n) is 7.10. The summed E-state index contributed by atoms with van der Waals surface area (Å²) >= 11 is 0. The topological polar surface area (TPSA) is 80.3 Å². The molecule has 0 radical (unpaired) electrons. The van der Waals surface area contributed by atoms with Crippen molar-refractivity contribution in [1.29, 1.82) is 0 Å². The number of carbonyl (C=O) groups is 2. The second-order valence-corrected chi connectivity index (χ2v) is 5.60. The molecule has 0 aromatic carbocycles. The van der Waals surface area contributed by atoms with Crippen molar-refractivity contribution in [3.63, 3.8) is 0 Å². The van der Waals surface area contributed by atoms with E-state index in [1.165, 1.54) is 0 Å². The lowest BCUT2D eigenvalue weighted by Crippen LogP contribution is -3.13. The fourth-order valence-corrected chi connectivity index (χ4v) is 6.34. The summed E-state index contributed by atoms with van der Waals surface area (Å²) in [7, 11) is 0. The molecule has 0 atom stereocenters. The van der Waals surface area contributed by atoms with Crippen LogP contribution in [0.3, 0.4) is 0 Å². The van der Waals surface area contributed by atoms with Crippen molar-refractivity contribution in [2.24, 2.45) is 46.3 Å². The van der Waals surface area contributed by atoms with Crippen molar-refractivity contribution < 1.29 is 19.8 Å². The van der Waals surface area contributed by atoms with Crippen molar-refractivity contribution in [3.05, 3.63) is 0 Å². The predicted molar refractivity (Wildman–Crippen MR) is 35.8 cm³/mol. The molecule has 6 aliphatic rings. The lowest BCUT2D eigenvalue weighted by molar-refractivity contribution is -0.644. The molecule has 4 nitrogen and oxygen atoms in total. The number of rotatable bonds is 2. The summed E-state index contributed by atoms with van der Waals surface area (Å²) in [6, 6.07) is 0. The van der Waals surface area contributed by atoms with Gasteiger partial charge in [0.05, 0.1) is 0 Å². The second-order valence-electron chi connectivity index (χ2n) is 5.60. The highest BCUT2D eigenvalue weighted by Crippen LogP contribution is 3.09. The molecule has 0 aliphatic heterocycles. The molecule has 4 heteroatoms. The summed E-state index contributed by atoms with van der Waals surface area (Å²) in [5, 5.41) is 22.0. The van der Waals surface area contributed by atoms with Crippen LogP contribution in [0.1, 0.15) is 0 Å². The van der Waals surface area contributed by atoms with Gasteiger partial charge in [0.2, 0.25) is 0 Å². The van der Waals surface area contributed by atoms with Crippen LogP contribution in [0.2, 0.25) is 0 Å². The van der Waals surface area contributed by atoms with Gasteiger partial charge in [-0.2, -0.15) is 0 Å². The van der Waals surface area contributed by atoms with Gasteiger partial charge < -0.3 is 19.8 Å². The SMILES string of the molecule is O=C([O-])C12C3C4C1C1C2C3C41C(=O)[O-]. The molecule has 0 spiro atoms. The van der Waals surface area contributed by atoms with Gasteiger partial charge in [0.25, 0.3) is 0 Å². The molecule has 0 aromatic rings. The zero-order chi connectivity index (χ0) is 9.62. The number of carboxylic acid groups (broad SMARTS) is 2. The quantitative estimate of drug-likeness (QED) is 0.472. The normalized spacial score (nSPS) is 76.9. The van der Waals surface area contributed by atoms with Crippen LogP contribution in [0.4, 0.5) is 0 Å². The molecular weight excluding hydrogens is 184 g/mol. The summed E-state index contributed by atoms with van der Waals surface area (Å²) in [5.41, 5.74) is -1.12. The molecule has 0 N–H and O–H groups in total. The van der Waals surface area contributed by atoms with Crippen LogP contribution < -0.4 is 10.2 Å². The van der Waals surface area contributed by atoms with Crippen molar-refractivity contribution >= 4 is 11.9 Å². The monoisotopic (exact) mass is 190 g/mol. The van der Waals surface area contributed by atoms with Crippen molar-refractivity contribution in [3.8, 4) is 0 Å². The van der Waals surface area contributed by atoms with Crippen molar-refractivity contribution in [1.82, 2.24) is 0 Å². The first-order valence-electron chi connectivity index (χ1n) is 5.05. The molecule has 6 aliphatic carbocycles. The minimum Gasteiger partial charge on any atom is -0.550 e. The first-order valence-corrected chi connectivity index (χ1v) is 5.05. The van der Waals surface area contributed by atoms with E-state index in [-0.39, 0.29) is 35.5 Å². The maximum absolute atomic E-state index is 11.0. The van der Waals surface area contributed by atoms with E-state index in [2.05, 4.69) is 0 Å². The summed E-state index contributed by atoms with van der Waals surface area (Å²) in [5.74, 6) is -0.983. The highest BCUT2D eigenvalue weighted by Gasteiger charge is 3.10. The molecule has 72 valence electrons. The highest BCUT2D eigenvalue weighted by atomic mass is 16.4. The van der Waals surface area contributed by atoms with Gasteiger partial charge in [0, 0.05) is 22.8 Å². The van der Waals surface area contributed by atoms with Crippen LogP contribution in [0, 0.1) is 46.3 Å². The third kappa shape index (κ3) is 0.215. The van der Waals surface area contributed by atoms with E-state index in [0.29, 0.717) is 0 Å². The van der Waals surface area contributed by atoms with E-state index in [1.54, 1.807) is 0 Å². The zero-order valence-corrected chi connectivity index (χ0v) is 7.10. The van der Waals surface area contributed by atoms with Gasteiger partial charge >= 0.3 is 0 Å². The third-order valence-corrected chi connectivity index (χ3v) is 6.34. The van der Waals surface area contributed by atoms with Gasteiger partial charge in [-0.05, 0) is 35.5 Å². The Kier molecular flexibility index (Phi) is 0.538. The molecule has 6 saturated carbocycles. The average Bonchev–Trinajstić information content (AvgIpc) is 2.16. The number of carbonyl (C=O) groups excluding carboxylic acids is 2. The molecule has 0 heterocycles. The molecule has 0 amide bonds. The lowest BCUT2D eigenvalue weighted by Gasteiger charge is -3.11. The van der Waals surface area contributed by atoms with Gasteiger partial charge in [-0.3, -0.25) is 0 Å². The largest absolute Gasteiger partial charge is 0.550 e. The summed E-state index contributed by atoms with van der Waals surface area (Å²) in [4.78, 5) is 22.0. The number of carboxylic acids is 2. The molecule has 14 heavy (non-hydrogen) atoms. The maximum atomic E-state index is 11.0. The van der Waals surface area contributed by atoms with Crippen molar-refractivity contribution in [2.75, 3.05) is 0 Å². The van der Waals surface area contributed by atoms with Crippen LogP contribution >= 0.6 is 0 Å². The van der Waals surface area contributed by atoms with Gasteiger partial charge in [-0.25, -0.2) is 0 Å². The Hall–Kier alpha value is -1.06. The maximum Gasteiger partial charge on any atom is 0.0485 e. The predicted octanol–water partition coefficient (Wildman–Crippen LogP) is -2.78. The number of hydrogen-bond donors (Lipinski definition) is 0. The van der Waals surface area contributed by atoms with E-state index >= 15 is 0 Å². The van der Waals surface area contributed by atoms with Crippen LogP contribution in [0.5, 0.6) is 0 Å². The molecule has 0 aromatic heterocycles. The molecular formula is C10H6O4-2. The highest BCUT2D eigenvalue weighted by molar-refractivity contribution is 5.94. The Morgan fingerprint density at radius 1 is 0.714 bits per heavy atom. The average molecular weight is 190 g/mol. The Bertz CT molecular complexity index is 355. The first kappa shape index (κ1) is 6.43. The first-order chi connectivity index (χ1) is 6.62. The van der Waals surface area contributed by atoms with E-state index in [1.807, 2.05) is 0 Å². The molecule has 0 saturated heterocycles. The number of hydrogen-bond acceptors (Lipinski definition) is 4. The van der Waals surface area contributed by atoms with Gasteiger partial charge in [0.1, 0.15) is 0 Å². The van der Waals surface area contributed by atoms with Crippen molar-refractivity contribution in [2.45, 2.75) is 0 Å². The standard InChI is InChI=1S/C10H8O4/c11-7(12)9-1-2-4(9)6-5(9)3(1)10(2,6)8(13)14/h1-6H,(H,11,12)(H,13,14)/p-2. The summed E-state index contributed by atoms with van der Waals surface area (Å²) in [6.45, 7) is 0. The molecule has 0 unspecified atom stereocenters. The fraction of sp³-hybridized carbons (Fsp3) is 0.800. The fourth-order valence-electron chi connectivity index (χ4n) is 6.34. The Balaban J connectivity index is 1.66. The van der Waals surface area contributed by atoms with Crippen LogP contribution in [-0.4, -0.2) is 11.9 Å². The third-order valence-electron chi connectivity index (χ3n) is 6.34. The van der Waals surface area contributed by atoms with E-state index in [9.17, 15) is 19.8 Å². The Labute approximate surface area is 78.9 Å². The van der Waals surface area contributed by atoms with E-state index in [0.717, 1.165) is 0 Å². The van der Waals surface area contributed by atoms with Crippen LogP contribution in [-0.2, 0) is 9.59 Å². The molecule has 6 fully saturated rings. The van der Waals surface area contributed by atoms with Crippen LogP contribution in [0.15, 0.2) is 0 Å². The molecule has 0 bridgehead atoms. The van der Waals surface area contributed by atoms with Crippen LogP contribution in [0.25, 0.3) is 0 Å². The number of aliphatic carboxylic acids is 2. The summed E-state index contributed by atoms with van der Waals surface area (Å²) in [6.07, 6.45) is 0. The van der Waals surface area contributed by atoms with E-state index < -0.39 is 22.8 Å². The molecule has 6 rings (SSSR count). The van der Waals surface area contributed by atoms with Gasteiger partial charge in [-0.15, -0.1) is 0 Å². The minimum absolute atomic E-state index is 0.144. The van der Waals surface area contributed by atoms with Gasteiger partial charge in [-0.1, -0.05) is 0 Å². The Morgan fingerprint density at radius 3 is 1.07 bits per heavy atom. The summed E-state index contributed by atoms with van der Waals surface area (Å²) < 4.78 is 0. The lowest BCUT2D eigenvalue weighted by atomic mass is 8.92. The minimum atomic E-state index is -0.923. The smallest absolute Gasteiger partial charge is 0.0485 e. The van der Waals surface area contributed by atoms with E-state index in [4.69, 9.17) is 0 Å². The van der Waals surface area contributed by atoms with Gasteiger partial charge in [0.15, 0.2) is 0 Å². The Morgan fingerprint density at radius 2 is 0.929 bits per heavy atom.